The number of alkyl halides is 3. The molecule has 1 aliphatic rings. The van der Waals surface area contributed by atoms with E-state index in [4.69, 9.17) is 0 Å². The standard InChI is InChI=1S/C23H29F3N2O/c1-4-5-6-7-9-16-10-8-11-17-12-13-18(14-19(16)17)21(23(24,25)26)28-22(2,3)15-20(29)27-28/h8,10-14,21H,4-7,9,15H2,1-3H3,(H,27,29)/t21-/m0/s1. The molecule has 1 N–H and O–H groups in total. The Labute approximate surface area is 170 Å². The summed E-state index contributed by atoms with van der Waals surface area (Å²) < 4.78 is 42.4. The van der Waals surface area contributed by atoms with Crippen LogP contribution in [0, 0.1) is 0 Å². The number of unbranched alkanes of at least 4 members (excludes halogenated alkanes) is 3. The minimum atomic E-state index is -4.52. The van der Waals surface area contributed by atoms with Gasteiger partial charge in [-0.1, -0.05) is 56.5 Å². The smallest absolute Gasteiger partial charge is 0.287 e. The molecule has 0 saturated carbocycles. The van der Waals surface area contributed by atoms with Crippen LogP contribution in [0.2, 0.25) is 0 Å². The second-order valence-electron chi connectivity index (χ2n) is 8.55. The summed E-state index contributed by atoms with van der Waals surface area (Å²) in [7, 11) is 0. The molecule has 0 aromatic heterocycles. The predicted molar refractivity (Wildman–Crippen MR) is 109 cm³/mol. The fourth-order valence-corrected chi connectivity index (χ4v) is 4.19. The van der Waals surface area contributed by atoms with E-state index in [0.717, 1.165) is 53.4 Å². The summed E-state index contributed by atoms with van der Waals surface area (Å²) in [4.78, 5) is 11.8. The fraction of sp³-hybridized carbons (Fsp3) is 0.522. The van der Waals surface area contributed by atoms with Gasteiger partial charge in [0.1, 0.15) is 0 Å². The topological polar surface area (TPSA) is 32.3 Å². The number of hydrogen-bond donors (Lipinski definition) is 1. The van der Waals surface area contributed by atoms with Crippen LogP contribution in [0.25, 0.3) is 10.8 Å². The van der Waals surface area contributed by atoms with Crippen molar-refractivity contribution in [2.45, 2.75) is 77.1 Å². The van der Waals surface area contributed by atoms with Gasteiger partial charge in [-0.3, -0.25) is 10.2 Å². The van der Waals surface area contributed by atoms with Gasteiger partial charge in [-0.2, -0.15) is 18.2 Å². The van der Waals surface area contributed by atoms with Gasteiger partial charge < -0.3 is 0 Å². The number of aryl methyl sites for hydroxylation is 1. The number of halogens is 3. The zero-order valence-corrected chi connectivity index (χ0v) is 17.3. The lowest BCUT2D eigenvalue weighted by Gasteiger charge is -2.38. The number of carbonyl (C=O) groups excluding carboxylic acids is 1. The Bertz CT molecular complexity index is 876. The fourth-order valence-electron chi connectivity index (χ4n) is 4.19. The molecule has 0 unspecified atom stereocenters. The normalized spacial score (nSPS) is 18.2. The molecule has 3 rings (SSSR count). The molecule has 0 spiro atoms. The molecule has 1 saturated heterocycles. The van der Waals surface area contributed by atoms with Gasteiger partial charge in [-0.05, 0) is 54.7 Å². The molecule has 6 heteroatoms. The summed E-state index contributed by atoms with van der Waals surface area (Å²) in [6.07, 6.45) is 0.818. The Morgan fingerprint density at radius 1 is 1.14 bits per heavy atom. The molecule has 1 amide bonds. The van der Waals surface area contributed by atoms with Gasteiger partial charge >= 0.3 is 6.18 Å². The van der Waals surface area contributed by atoms with Crippen LogP contribution < -0.4 is 5.43 Å². The highest BCUT2D eigenvalue weighted by atomic mass is 19.4. The molecule has 0 aliphatic carbocycles. The maximum atomic E-state index is 14.1. The van der Waals surface area contributed by atoms with Crippen molar-refractivity contribution in [3.05, 3.63) is 47.5 Å². The quantitative estimate of drug-likeness (QED) is 0.565. The van der Waals surface area contributed by atoms with Crippen LogP contribution in [0.5, 0.6) is 0 Å². The van der Waals surface area contributed by atoms with Gasteiger partial charge in [0.2, 0.25) is 5.91 Å². The number of amides is 1. The molecular formula is C23H29F3N2O. The Morgan fingerprint density at radius 2 is 1.90 bits per heavy atom. The highest BCUT2D eigenvalue weighted by Crippen LogP contribution is 2.43. The molecular weight excluding hydrogens is 377 g/mol. The number of hydrogen-bond acceptors (Lipinski definition) is 2. The molecule has 3 nitrogen and oxygen atoms in total. The maximum Gasteiger partial charge on any atom is 0.409 e. The molecule has 1 fully saturated rings. The first kappa shape index (κ1) is 21.6. The van der Waals surface area contributed by atoms with E-state index in [0.29, 0.717) is 0 Å². The van der Waals surface area contributed by atoms with Gasteiger partial charge in [0.25, 0.3) is 0 Å². The SMILES string of the molecule is CCCCCCc1cccc2ccc([C@H](N3NC(=O)CC3(C)C)C(F)(F)F)cc12. The van der Waals surface area contributed by atoms with Crippen molar-refractivity contribution in [1.82, 2.24) is 10.4 Å². The van der Waals surface area contributed by atoms with Crippen LogP contribution in [0.1, 0.15) is 70.0 Å². The Morgan fingerprint density at radius 3 is 2.52 bits per heavy atom. The predicted octanol–water partition coefficient (Wildman–Crippen LogP) is 6.08. The summed E-state index contributed by atoms with van der Waals surface area (Å²) in [6.45, 7) is 5.47. The lowest BCUT2D eigenvalue weighted by Crippen LogP contribution is -2.51. The molecule has 0 radical (unpaired) electrons. The van der Waals surface area contributed by atoms with E-state index in [9.17, 15) is 18.0 Å². The number of carbonyl (C=O) groups is 1. The molecule has 29 heavy (non-hydrogen) atoms. The highest BCUT2D eigenvalue weighted by Gasteiger charge is 2.52. The van der Waals surface area contributed by atoms with Crippen molar-refractivity contribution in [2.24, 2.45) is 0 Å². The van der Waals surface area contributed by atoms with E-state index in [1.54, 1.807) is 26.0 Å². The van der Waals surface area contributed by atoms with E-state index in [1.807, 2.05) is 18.2 Å². The van der Waals surface area contributed by atoms with E-state index >= 15 is 0 Å². The molecule has 2 aromatic rings. The largest absolute Gasteiger partial charge is 0.409 e. The average molecular weight is 406 g/mol. The maximum absolute atomic E-state index is 14.1. The molecule has 1 aliphatic heterocycles. The highest BCUT2D eigenvalue weighted by molar-refractivity contribution is 5.86. The Hall–Kier alpha value is -2.08. The van der Waals surface area contributed by atoms with Crippen LogP contribution in [0.15, 0.2) is 36.4 Å². The lowest BCUT2D eigenvalue weighted by molar-refractivity contribution is -0.203. The van der Waals surface area contributed by atoms with E-state index in [2.05, 4.69) is 12.3 Å². The second kappa shape index (κ2) is 8.34. The van der Waals surface area contributed by atoms with Gasteiger partial charge in [0.05, 0.1) is 0 Å². The number of nitrogens with one attached hydrogen (secondary N) is 1. The van der Waals surface area contributed by atoms with Crippen molar-refractivity contribution in [1.29, 1.82) is 0 Å². The van der Waals surface area contributed by atoms with Gasteiger partial charge in [-0.15, -0.1) is 0 Å². The van der Waals surface area contributed by atoms with E-state index in [1.165, 1.54) is 6.07 Å². The monoisotopic (exact) mass is 406 g/mol. The minimum Gasteiger partial charge on any atom is -0.287 e. The lowest BCUT2D eigenvalue weighted by atomic mass is 9.93. The zero-order valence-electron chi connectivity index (χ0n) is 17.3. The number of nitrogens with zero attached hydrogens (tertiary/aromatic N) is 1. The van der Waals surface area contributed by atoms with Crippen molar-refractivity contribution >= 4 is 16.7 Å². The van der Waals surface area contributed by atoms with Gasteiger partial charge in [0.15, 0.2) is 6.04 Å². The second-order valence-corrected chi connectivity index (χ2v) is 8.55. The van der Waals surface area contributed by atoms with Gasteiger partial charge in [-0.25, -0.2) is 0 Å². The minimum absolute atomic E-state index is 0.0375. The Kier molecular flexibility index (Phi) is 6.22. The molecule has 0 bridgehead atoms. The average Bonchev–Trinajstić information content (AvgIpc) is 2.89. The summed E-state index contributed by atoms with van der Waals surface area (Å²) in [5, 5.41) is 2.87. The summed E-state index contributed by atoms with van der Waals surface area (Å²) in [5.41, 5.74) is 2.74. The molecule has 158 valence electrons. The summed E-state index contributed by atoms with van der Waals surface area (Å²) in [5.74, 6) is -0.387. The van der Waals surface area contributed by atoms with Crippen molar-refractivity contribution in [3.8, 4) is 0 Å². The molecule has 2 aromatic carbocycles. The molecule has 1 atom stereocenters. The van der Waals surface area contributed by atoms with Crippen LogP contribution in [-0.4, -0.2) is 22.6 Å². The van der Waals surface area contributed by atoms with Crippen molar-refractivity contribution in [2.75, 3.05) is 0 Å². The van der Waals surface area contributed by atoms with E-state index < -0.39 is 17.8 Å². The van der Waals surface area contributed by atoms with Crippen LogP contribution in [-0.2, 0) is 11.2 Å². The summed E-state index contributed by atoms with van der Waals surface area (Å²) in [6, 6.07) is 8.94. The number of rotatable bonds is 7. The van der Waals surface area contributed by atoms with Crippen molar-refractivity contribution < 1.29 is 18.0 Å². The number of hydrazine groups is 1. The van der Waals surface area contributed by atoms with Crippen molar-refractivity contribution in [3.63, 3.8) is 0 Å². The Balaban J connectivity index is 2.00. The number of fused-ring (bicyclic) bond motifs is 1. The first-order chi connectivity index (χ1) is 13.6. The molecule has 1 heterocycles. The third kappa shape index (κ3) is 4.74. The van der Waals surface area contributed by atoms with Gasteiger partial charge in [0, 0.05) is 12.0 Å². The third-order valence-corrected chi connectivity index (χ3v) is 5.67. The summed E-state index contributed by atoms with van der Waals surface area (Å²) >= 11 is 0. The van der Waals surface area contributed by atoms with E-state index in [-0.39, 0.29) is 17.9 Å². The van der Waals surface area contributed by atoms with Crippen LogP contribution in [0.4, 0.5) is 13.2 Å². The van der Waals surface area contributed by atoms with Crippen LogP contribution >= 0.6 is 0 Å². The third-order valence-electron chi connectivity index (χ3n) is 5.67. The van der Waals surface area contributed by atoms with Crippen LogP contribution in [0.3, 0.4) is 0 Å². The zero-order chi connectivity index (χ0) is 21.2. The first-order valence-electron chi connectivity index (χ1n) is 10.3. The number of benzene rings is 2. The first-order valence-corrected chi connectivity index (χ1v) is 10.3.